The molecule has 3 rings (SSSR count). The van der Waals surface area contributed by atoms with Gasteiger partial charge in [-0.3, -0.25) is 4.99 Å². The normalized spacial score (nSPS) is 26.5. The van der Waals surface area contributed by atoms with E-state index in [1.807, 2.05) is 7.05 Å². The van der Waals surface area contributed by atoms with Crippen LogP contribution in [0, 0.1) is 6.92 Å². The van der Waals surface area contributed by atoms with E-state index >= 15 is 0 Å². The fraction of sp³-hybridized carbons (Fsp3) is 0.667. The molecule has 0 radical (unpaired) electrons. The van der Waals surface area contributed by atoms with Gasteiger partial charge in [0.1, 0.15) is 0 Å². The van der Waals surface area contributed by atoms with Gasteiger partial charge in [-0.2, -0.15) is 0 Å². The van der Waals surface area contributed by atoms with Gasteiger partial charge in [0, 0.05) is 51.5 Å². The lowest BCUT2D eigenvalue weighted by atomic mass is 9.82. The Morgan fingerprint density at radius 2 is 1.92 bits per heavy atom. The first-order valence-corrected chi connectivity index (χ1v) is 9.94. The van der Waals surface area contributed by atoms with Gasteiger partial charge in [0.25, 0.3) is 0 Å². The number of nitrogens with zero attached hydrogens (tertiary/aromatic N) is 3. The third kappa shape index (κ3) is 4.32. The van der Waals surface area contributed by atoms with Crippen LogP contribution in [-0.2, 0) is 6.54 Å². The number of fused-ring (bicyclic) bond motifs is 2. The van der Waals surface area contributed by atoms with Crippen molar-refractivity contribution in [3.05, 3.63) is 29.3 Å². The number of piperidine rings is 2. The predicted octanol–water partition coefficient (Wildman–Crippen LogP) is 2.74. The van der Waals surface area contributed by atoms with Gasteiger partial charge >= 0.3 is 0 Å². The molecular formula is C21H35N5. The van der Waals surface area contributed by atoms with Gasteiger partial charge in [0.2, 0.25) is 0 Å². The predicted molar refractivity (Wildman–Crippen MR) is 111 cm³/mol. The Balaban J connectivity index is 1.56. The highest BCUT2D eigenvalue weighted by Gasteiger charge is 2.36. The van der Waals surface area contributed by atoms with Crippen molar-refractivity contribution >= 4 is 11.6 Å². The van der Waals surface area contributed by atoms with Crippen LogP contribution in [0.25, 0.3) is 0 Å². The summed E-state index contributed by atoms with van der Waals surface area (Å²) in [6.45, 7) is 2.98. The lowest BCUT2D eigenvalue weighted by molar-refractivity contribution is 0.0526. The molecule has 2 aliphatic heterocycles. The molecule has 2 heterocycles. The molecule has 2 saturated heterocycles. The van der Waals surface area contributed by atoms with Crippen LogP contribution in [0.1, 0.15) is 43.2 Å². The van der Waals surface area contributed by atoms with Gasteiger partial charge in [-0.05, 0) is 62.9 Å². The Morgan fingerprint density at radius 1 is 1.23 bits per heavy atom. The van der Waals surface area contributed by atoms with Crippen LogP contribution in [0.2, 0.25) is 0 Å². The summed E-state index contributed by atoms with van der Waals surface area (Å²) in [5.74, 6) is 0.925. The zero-order valence-electron chi connectivity index (χ0n) is 17.0. The topological polar surface area (TPSA) is 42.9 Å². The van der Waals surface area contributed by atoms with Gasteiger partial charge < -0.3 is 20.4 Å². The van der Waals surface area contributed by atoms with Crippen LogP contribution in [0.4, 0.5) is 5.69 Å². The maximum absolute atomic E-state index is 4.46. The summed E-state index contributed by atoms with van der Waals surface area (Å²) in [7, 11) is 8.33. The number of aliphatic imine (C=N–C) groups is 1. The van der Waals surface area contributed by atoms with Crippen LogP contribution in [0.5, 0.6) is 0 Å². The third-order valence-corrected chi connectivity index (χ3v) is 6.19. The van der Waals surface area contributed by atoms with Crippen molar-refractivity contribution < 1.29 is 0 Å². The number of hydrogen-bond donors (Lipinski definition) is 2. The first kappa shape index (κ1) is 19.0. The van der Waals surface area contributed by atoms with Crippen LogP contribution >= 0.6 is 0 Å². The minimum atomic E-state index is 0.532. The summed E-state index contributed by atoms with van der Waals surface area (Å²) in [6.07, 6.45) is 6.53. The molecule has 5 heteroatoms. The van der Waals surface area contributed by atoms with E-state index in [1.165, 1.54) is 48.9 Å². The van der Waals surface area contributed by atoms with Crippen LogP contribution in [-0.4, -0.2) is 57.2 Å². The minimum Gasteiger partial charge on any atom is -0.378 e. The largest absolute Gasteiger partial charge is 0.378 e. The van der Waals surface area contributed by atoms with Gasteiger partial charge in [0.15, 0.2) is 5.96 Å². The average molecular weight is 358 g/mol. The molecule has 0 saturated carbocycles. The van der Waals surface area contributed by atoms with E-state index in [9.17, 15) is 0 Å². The fourth-order valence-corrected chi connectivity index (χ4v) is 4.46. The van der Waals surface area contributed by atoms with E-state index in [4.69, 9.17) is 0 Å². The second kappa shape index (κ2) is 8.30. The molecule has 2 atom stereocenters. The number of anilines is 1. The highest BCUT2D eigenvalue weighted by atomic mass is 15.2. The van der Waals surface area contributed by atoms with Crippen LogP contribution in [0.15, 0.2) is 23.2 Å². The molecule has 2 bridgehead atoms. The van der Waals surface area contributed by atoms with Crippen molar-refractivity contribution in [2.45, 2.75) is 63.7 Å². The summed E-state index contributed by atoms with van der Waals surface area (Å²) in [4.78, 5) is 9.20. The lowest BCUT2D eigenvalue weighted by Gasteiger charge is -2.47. The number of nitrogens with one attached hydrogen (secondary N) is 2. The highest BCUT2D eigenvalue weighted by Crippen LogP contribution is 2.32. The number of aryl methyl sites for hydroxylation is 1. The smallest absolute Gasteiger partial charge is 0.191 e. The van der Waals surface area contributed by atoms with Crippen molar-refractivity contribution in [1.29, 1.82) is 0 Å². The Kier molecular flexibility index (Phi) is 6.07. The second-order valence-corrected chi connectivity index (χ2v) is 8.15. The summed E-state index contributed by atoms with van der Waals surface area (Å²) in [5, 5.41) is 7.19. The molecular weight excluding hydrogens is 322 g/mol. The van der Waals surface area contributed by atoms with Gasteiger partial charge in [-0.25, -0.2) is 0 Å². The van der Waals surface area contributed by atoms with E-state index in [0.29, 0.717) is 6.04 Å². The standard InChI is InChI=1S/C21H35N5/c1-15-11-18(25(3)4)10-9-16(15)14-23-21(22-2)24-17-12-19-7-6-8-20(13-17)26(19)5/h9-11,17,19-20H,6-8,12-14H2,1-5H3,(H2,22,23,24). The van der Waals surface area contributed by atoms with Crippen molar-refractivity contribution in [2.75, 3.05) is 33.1 Å². The molecule has 2 N–H and O–H groups in total. The molecule has 0 aromatic heterocycles. The van der Waals surface area contributed by atoms with Crippen LogP contribution < -0.4 is 15.5 Å². The molecule has 1 aromatic carbocycles. The van der Waals surface area contributed by atoms with Crippen molar-refractivity contribution in [3.8, 4) is 0 Å². The number of benzene rings is 1. The lowest BCUT2D eigenvalue weighted by Crippen LogP contribution is -2.56. The minimum absolute atomic E-state index is 0.532. The molecule has 1 aromatic rings. The fourth-order valence-electron chi connectivity index (χ4n) is 4.46. The maximum Gasteiger partial charge on any atom is 0.191 e. The number of guanidine groups is 1. The maximum atomic E-state index is 4.46. The molecule has 2 unspecified atom stereocenters. The Labute approximate surface area is 158 Å². The van der Waals surface area contributed by atoms with E-state index in [0.717, 1.165) is 24.6 Å². The highest BCUT2D eigenvalue weighted by molar-refractivity contribution is 5.80. The molecule has 2 aliphatic rings. The second-order valence-electron chi connectivity index (χ2n) is 8.15. The van der Waals surface area contributed by atoms with Crippen LogP contribution in [0.3, 0.4) is 0 Å². The van der Waals surface area contributed by atoms with Gasteiger partial charge in [-0.15, -0.1) is 0 Å². The third-order valence-electron chi connectivity index (χ3n) is 6.19. The quantitative estimate of drug-likeness (QED) is 0.642. The first-order chi connectivity index (χ1) is 12.5. The molecule has 26 heavy (non-hydrogen) atoms. The number of rotatable bonds is 4. The summed E-state index contributed by atoms with van der Waals surface area (Å²) in [5.41, 5.74) is 3.87. The van der Waals surface area contributed by atoms with Crippen molar-refractivity contribution in [2.24, 2.45) is 4.99 Å². The molecule has 0 amide bonds. The molecule has 0 spiro atoms. The van der Waals surface area contributed by atoms with E-state index in [2.05, 4.69) is 71.7 Å². The summed E-state index contributed by atoms with van der Waals surface area (Å²) in [6, 6.07) is 8.64. The van der Waals surface area contributed by atoms with Crippen molar-refractivity contribution in [1.82, 2.24) is 15.5 Å². The number of hydrogen-bond acceptors (Lipinski definition) is 3. The summed E-state index contributed by atoms with van der Waals surface area (Å²) < 4.78 is 0. The van der Waals surface area contributed by atoms with E-state index < -0.39 is 0 Å². The summed E-state index contributed by atoms with van der Waals surface area (Å²) >= 11 is 0. The SMILES string of the molecule is CN=C(NCc1ccc(N(C)C)cc1C)NC1CC2CCCC(C1)N2C. The monoisotopic (exact) mass is 357 g/mol. The molecule has 5 nitrogen and oxygen atoms in total. The Morgan fingerprint density at radius 3 is 2.50 bits per heavy atom. The Bertz CT molecular complexity index is 625. The molecule has 144 valence electrons. The molecule has 0 aliphatic carbocycles. The van der Waals surface area contributed by atoms with E-state index in [1.54, 1.807) is 0 Å². The van der Waals surface area contributed by atoms with Crippen molar-refractivity contribution in [3.63, 3.8) is 0 Å². The zero-order chi connectivity index (χ0) is 18.7. The zero-order valence-corrected chi connectivity index (χ0v) is 17.0. The Hall–Kier alpha value is -1.75. The van der Waals surface area contributed by atoms with E-state index in [-0.39, 0.29) is 0 Å². The van der Waals surface area contributed by atoms with Gasteiger partial charge in [-0.1, -0.05) is 12.5 Å². The molecule has 2 fully saturated rings. The average Bonchev–Trinajstić information content (AvgIpc) is 2.60. The van der Waals surface area contributed by atoms with Gasteiger partial charge in [0.05, 0.1) is 0 Å². The first-order valence-electron chi connectivity index (χ1n) is 9.94.